The minimum absolute atomic E-state index is 0.185. The highest BCUT2D eigenvalue weighted by Crippen LogP contribution is 2.49. The van der Waals surface area contributed by atoms with Crippen molar-refractivity contribution in [3.8, 4) is 0 Å². The third-order valence-corrected chi connectivity index (χ3v) is 4.14. The van der Waals surface area contributed by atoms with Crippen molar-refractivity contribution in [3.05, 3.63) is 0 Å². The monoisotopic (exact) mass is 189 g/mol. The second-order valence-corrected chi connectivity index (χ2v) is 4.65. The first-order valence-corrected chi connectivity index (χ1v) is 4.55. The minimum atomic E-state index is 0.185. The van der Waals surface area contributed by atoms with Crippen LogP contribution in [0, 0.1) is 5.92 Å². The molecule has 2 heteroatoms. The van der Waals surface area contributed by atoms with E-state index >= 15 is 0 Å². The Hall–Kier alpha value is 0.440. The number of nitrogens with two attached hydrogens (primary N) is 1. The number of fused-ring (bicyclic) bond motifs is 2. The highest BCUT2D eigenvalue weighted by Gasteiger charge is 2.48. The van der Waals surface area contributed by atoms with Gasteiger partial charge >= 0.3 is 0 Å². The van der Waals surface area contributed by atoms with Crippen LogP contribution < -0.4 is 5.73 Å². The van der Waals surface area contributed by atoms with Crippen LogP contribution in [0.15, 0.2) is 0 Å². The smallest absolute Gasteiger partial charge is 0.0328 e. The average Bonchev–Trinajstić information content (AvgIpc) is 2.22. The molecule has 0 aromatic rings. The first kappa shape index (κ1) is 6.17. The fourth-order valence-electron chi connectivity index (χ4n) is 2.23. The Morgan fingerprint density at radius 3 is 2.56 bits per heavy atom. The van der Waals surface area contributed by atoms with Gasteiger partial charge in [-0.25, -0.2) is 0 Å². The third kappa shape index (κ3) is 0.761. The summed E-state index contributed by atoms with van der Waals surface area (Å²) in [7, 11) is 0. The lowest BCUT2D eigenvalue weighted by atomic mass is 9.95. The largest absolute Gasteiger partial charge is 0.324 e. The summed E-state index contributed by atoms with van der Waals surface area (Å²) in [5.74, 6) is 0.944. The zero-order valence-electron chi connectivity index (χ0n) is 5.44. The lowest BCUT2D eigenvalue weighted by Crippen LogP contribution is -2.42. The molecule has 9 heavy (non-hydrogen) atoms. The maximum Gasteiger partial charge on any atom is 0.0328 e. The highest BCUT2D eigenvalue weighted by molar-refractivity contribution is 9.09. The Morgan fingerprint density at radius 1 is 1.56 bits per heavy atom. The Labute approximate surface area is 64.1 Å². The van der Waals surface area contributed by atoms with Gasteiger partial charge < -0.3 is 5.73 Å². The van der Waals surface area contributed by atoms with E-state index in [1.165, 1.54) is 25.7 Å². The molecule has 0 aliphatic heterocycles. The fourth-order valence-corrected chi connectivity index (χ4v) is 3.17. The molecule has 0 amide bonds. The van der Waals surface area contributed by atoms with Crippen molar-refractivity contribution in [2.45, 2.75) is 36.0 Å². The van der Waals surface area contributed by atoms with Crippen molar-refractivity contribution in [1.82, 2.24) is 0 Å². The predicted octanol–water partition coefficient (Wildman–Crippen LogP) is 1.65. The number of rotatable bonds is 0. The quantitative estimate of drug-likeness (QED) is 0.577. The molecular formula is C7H12BrN. The summed E-state index contributed by atoms with van der Waals surface area (Å²) in [5, 5.41) is 0. The number of hydrogen-bond donors (Lipinski definition) is 1. The Bertz CT molecular complexity index is 137. The van der Waals surface area contributed by atoms with Crippen LogP contribution in [-0.4, -0.2) is 10.4 Å². The van der Waals surface area contributed by atoms with E-state index in [9.17, 15) is 0 Å². The van der Waals surface area contributed by atoms with Gasteiger partial charge in [-0.1, -0.05) is 15.9 Å². The van der Waals surface area contributed by atoms with E-state index in [-0.39, 0.29) is 5.54 Å². The Kier molecular flexibility index (Phi) is 1.18. The van der Waals surface area contributed by atoms with E-state index in [1.54, 1.807) is 0 Å². The molecule has 0 aromatic carbocycles. The zero-order chi connectivity index (χ0) is 6.48. The van der Waals surface area contributed by atoms with Crippen molar-refractivity contribution < 1.29 is 0 Å². The lowest BCUT2D eigenvalue weighted by molar-refractivity contribution is 0.436. The second-order valence-electron chi connectivity index (χ2n) is 3.55. The third-order valence-electron chi connectivity index (χ3n) is 2.85. The summed E-state index contributed by atoms with van der Waals surface area (Å²) in [4.78, 5) is 0.615. The summed E-state index contributed by atoms with van der Waals surface area (Å²) in [6.45, 7) is 0. The molecular weight excluding hydrogens is 178 g/mol. The van der Waals surface area contributed by atoms with Gasteiger partial charge in [0.15, 0.2) is 0 Å². The molecule has 2 rings (SSSR count). The molecule has 2 fully saturated rings. The molecule has 0 spiro atoms. The summed E-state index contributed by atoms with van der Waals surface area (Å²) in [6.07, 6.45) is 5.20. The Balaban J connectivity index is 2.22. The molecule has 0 aromatic heterocycles. The summed E-state index contributed by atoms with van der Waals surface area (Å²) >= 11 is 3.63. The van der Waals surface area contributed by atoms with E-state index in [0.717, 1.165) is 5.92 Å². The fraction of sp³-hybridized carbons (Fsp3) is 1.00. The van der Waals surface area contributed by atoms with Crippen LogP contribution in [0.4, 0.5) is 0 Å². The number of hydrogen-bond acceptors (Lipinski definition) is 1. The van der Waals surface area contributed by atoms with Gasteiger partial charge in [0.05, 0.1) is 0 Å². The average molecular weight is 190 g/mol. The SMILES string of the molecule is NC12CCC(CC1Br)C2. The van der Waals surface area contributed by atoms with E-state index in [1.807, 2.05) is 0 Å². The normalized spacial score (nSPS) is 56.7. The van der Waals surface area contributed by atoms with Crippen LogP contribution >= 0.6 is 15.9 Å². The molecule has 0 heterocycles. The van der Waals surface area contributed by atoms with Crippen molar-refractivity contribution in [2.75, 3.05) is 0 Å². The van der Waals surface area contributed by atoms with E-state index < -0.39 is 0 Å². The summed E-state index contributed by atoms with van der Waals surface area (Å²) < 4.78 is 0. The molecule has 2 N–H and O–H groups in total. The van der Waals surface area contributed by atoms with Crippen LogP contribution in [0.3, 0.4) is 0 Å². The van der Waals surface area contributed by atoms with Crippen molar-refractivity contribution in [2.24, 2.45) is 11.7 Å². The minimum Gasteiger partial charge on any atom is -0.324 e. The maximum absolute atomic E-state index is 6.10. The molecule has 0 radical (unpaired) electrons. The van der Waals surface area contributed by atoms with Crippen molar-refractivity contribution in [1.29, 1.82) is 0 Å². The molecule has 2 aliphatic carbocycles. The number of alkyl halides is 1. The van der Waals surface area contributed by atoms with E-state index in [0.29, 0.717) is 4.83 Å². The van der Waals surface area contributed by atoms with Crippen LogP contribution in [0.25, 0.3) is 0 Å². The van der Waals surface area contributed by atoms with Crippen LogP contribution in [-0.2, 0) is 0 Å². The molecule has 3 unspecified atom stereocenters. The number of halogens is 1. The molecule has 3 atom stereocenters. The topological polar surface area (TPSA) is 26.0 Å². The van der Waals surface area contributed by atoms with Gasteiger partial charge in [0.1, 0.15) is 0 Å². The van der Waals surface area contributed by atoms with Gasteiger partial charge in [0.25, 0.3) is 0 Å². The predicted molar refractivity (Wildman–Crippen MR) is 41.6 cm³/mol. The van der Waals surface area contributed by atoms with Gasteiger partial charge in [0.2, 0.25) is 0 Å². The molecule has 52 valence electrons. The molecule has 2 aliphatic rings. The van der Waals surface area contributed by atoms with Gasteiger partial charge in [-0.05, 0) is 31.6 Å². The molecule has 1 nitrogen and oxygen atoms in total. The standard InChI is InChI=1S/C7H12BrN/c8-6-3-5-1-2-7(6,9)4-5/h5-6H,1-4,9H2. The summed E-state index contributed by atoms with van der Waals surface area (Å²) in [6, 6.07) is 0. The van der Waals surface area contributed by atoms with E-state index in [4.69, 9.17) is 5.73 Å². The van der Waals surface area contributed by atoms with Gasteiger partial charge in [0, 0.05) is 10.4 Å². The first-order valence-electron chi connectivity index (χ1n) is 3.64. The van der Waals surface area contributed by atoms with Gasteiger partial charge in [-0.3, -0.25) is 0 Å². The maximum atomic E-state index is 6.10. The van der Waals surface area contributed by atoms with Crippen LogP contribution in [0.1, 0.15) is 25.7 Å². The van der Waals surface area contributed by atoms with Gasteiger partial charge in [-0.2, -0.15) is 0 Å². The van der Waals surface area contributed by atoms with Gasteiger partial charge in [-0.15, -0.1) is 0 Å². The molecule has 0 saturated heterocycles. The zero-order valence-corrected chi connectivity index (χ0v) is 7.02. The molecule has 2 saturated carbocycles. The lowest BCUT2D eigenvalue weighted by Gasteiger charge is -2.26. The highest BCUT2D eigenvalue weighted by atomic mass is 79.9. The van der Waals surface area contributed by atoms with Crippen molar-refractivity contribution in [3.63, 3.8) is 0 Å². The van der Waals surface area contributed by atoms with E-state index in [2.05, 4.69) is 15.9 Å². The van der Waals surface area contributed by atoms with Crippen LogP contribution in [0.2, 0.25) is 0 Å². The Morgan fingerprint density at radius 2 is 2.33 bits per heavy atom. The molecule has 2 bridgehead atoms. The van der Waals surface area contributed by atoms with Crippen LogP contribution in [0.5, 0.6) is 0 Å². The van der Waals surface area contributed by atoms with Crippen molar-refractivity contribution >= 4 is 15.9 Å². The second kappa shape index (κ2) is 1.73. The summed E-state index contributed by atoms with van der Waals surface area (Å²) in [5.41, 5.74) is 6.28. The first-order chi connectivity index (χ1) is 4.21.